The number of carbonyl (C=O) groups excluding carboxylic acids is 1. The second kappa shape index (κ2) is 17.1. The maximum absolute atomic E-state index is 15.1. The number of rotatable bonds is 17. The Bertz CT molecular complexity index is 2180. The van der Waals surface area contributed by atoms with Crippen LogP contribution in [0.4, 0.5) is 0 Å². The number of carbonyl (C=O) groups is 1. The maximum atomic E-state index is 15.1. The first-order valence-electron chi connectivity index (χ1n) is 16.5. The summed E-state index contributed by atoms with van der Waals surface area (Å²) in [6, 6.07) is 30.6. The molecular weight excluding hydrogens is 687 g/mol. The lowest BCUT2D eigenvalue weighted by atomic mass is 10.0. The van der Waals surface area contributed by atoms with Gasteiger partial charge in [0, 0.05) is 22.6 Å². The highest BCUT2D eigenvalue weighted by atomic mass is 31.2. The standard InChI is InChI=1S/C37H39N6O8P/c1-26(2)37(41-42-38,50-27(3)43-22-21-34(44)39-36(43)46)25-49-52(47,51-33-20-12-18-30-17-10-11-19-31(30)33)40-32(23-28-13-6-4-7-14-28)35(45)48-24-29-15-8-5-9-16-29/h4-22,26-27,32H,23-25H2,1-3H3,(H,40,47)(H,39,44,46)/t27?,32-,37+,52?/m0/s1. The average Bonchev–Trinajstić information content (AvgIpc) is 3.13. The van der Waals surface area contributed by atoms with E-state index in [1.165, 1.54) is 13.1 Å². The Morgan fingerprint density at radius 3 is 2.25 bits per heavy atom. The third-order valence-corrected chi connectivity index (χ3v) is 9.78. The van der Waals surface area contributed by atoms with Gasteiger partial charge in [-0.3, -0.25) is 23.7 Å². The molecule has 4 aromatic carbocycles. The number of benzene rings is 4. The molecule has 5 rings (SSSR count). The van der Waals surface area contributed by atoms with Crippen molar-refractivity contribution in [3.8, 4) is 5.75 Å². The minimum atomic E-state index is -4.61. The molecule has 0 bridgehead atoms. The van der Waals surface area contributed by atoms with Gasteiger partial charge >= 0.3 is 19.4 Å². The number of hydrogen-bond donors (Lipinski definition) is 2. The van der Waals surface area contributed by atoms with Crippen molar-refractivity contribution >= 4 is 24.5 Å². The fraction of sp³-hybridized carbons (Fsp3) is 0.270. The molecule has 52 heavy (non-hydrogen) atoms. The number of aromatic amines is 1. The van der Waals surface area contributed by atoms with Gasteiger partial charge in [0.15, 0.2) is 5.72 Å². The number of H-pyrrole nitrogens is 1. The molecule has 0 aliphatic carbocycles. The predicted octanol–water partition coefficient (Wildman–Crippen LogP) is 7.04. The third-order valence-electron chi connectivity index (χ3n) is 8.25. The number of aromatic nitrogens is 2. The molecule has 0 spiro atoms. The summed E-state index contributed by atoms with van der Waals surface area (Å²) in [6.45, 7) is 4.19. The number of nitrogens with one attached hydrogen (secondary N) is 2. The van der Waals surface area contributed by atoms with E-state index in [2.05, 4.69) is 20.1 Å². The van der Waals surface area contributed by atoms with Gasteiger partial charge in [-0.05, 0) is 47.4 Å². The quantitative estimate of drug-likeness (QED) is 0.0333. The Labute approximate surface area is 299 Å². The van der Waals surface area contributed by atoms with Crippen molar-refractivity contribution < 1.29 is 27.9 Å². The SMILES string of the molecule is CC(O[C@@](COP(=O)(N[C@@H](Cc1ccccc1)C(=O)OCc1ccccc1)Oc1cccc2ccccc12)(N=[N+]=[N-])C(C)C)n1ccc(=O)[nH]c1=O. The van der Waals surface area contributed by atoms with Crippen LogP contribution in [-0.4, -0.2) is 33.9 Å². The third kappa shape index (κ3) is 9.64. The fourth-order valence-corrected chi connectivity index (χ4v) is 6.90. The first-order chi connectivity index (χ1) is 25.0. The molecule has 4 atom stereocenters. The molecule has 0 aliphatic rings. The average molecular weight is 727 g/mol. The summed E-state index contributed by atoms with van der Waals surface area (Å²) in [6.07, 6.45) is 0.194. The molecule has 2 unspecified atom stereocenters. The summed E-state index contributed by atoms with van der Waals surface area (Å²) in [7, 11) is -4.61. The molecular formula is C37H39N6O8P. The zero-order valence-electron chi connectivity index (χ0n) is 28.8. The van der Waals surface area contributed by atoms with Crippen molar-refractivity contribution in [3.05, 3.63) is 158 Å². The molecule has 1 heterocycles. The molecule has 0 aliphatic heterocycles. The van der Waals surface area contributed by atoms with Crippen LogP contribution >= 0.6 is 7.75 Å². The smallest absolute Gasteiger partial charge is 0.459 e. The van der Waals surface area contributed by atoms with Crippen molar-refractivity contribution in [2.24, 2.45) is 11.0 Å². The van der Waals surface area contributed by atoms with Crippen molar-refractivity contribution in [2.75, 3.05) is 6.61 Å². The van der Waals surface area contributed by atoms with Crippen molar-refractivity contribution in [1.29, 1.82) is 0 Å². The number of fused-ring (bicyclic) bond motifs is 1. The monoisotopic (exact) mass is 726 g/mol. The van der Waals surface area contributed by atoms with E-state index < -0.39 is 55.5 Å². The molecule has 0 saturated heterocycles. The summed E-state index contributed by atoms with van der Waals surface area (Å²) in [5.41, 5.74) is 7.93. The normalized spacial score (nSPS) is 14.8. The summed E-state index contributed by atoms with van der Waals surface area (Å²) in [5.74, 6) is -1.14. The summed E-state index contributed by atoms with van der Waals surface area (Å²) < 4.78 is 40.4. The first kappa shape index (κ1) is 37.8. The highest BCUT2D eigenvalue weighted by molar-refractivity contribution is 7.52. The number of azide groups is 1. The van der Waals surface area contributed by atoms with E-state index in [-0.39, 0.29) is 18.8 Å². The molecule has 0 amide bonds. The Balaban J connectivity index is 1.52. The molecule has 0 saturated carbocycles. The highest BCUT2D eigenvalue weighted by Gasteiger charge is 2.43. The van der Waals surface area contributed by atoms with Crippen LogP contribution < -0.4 is 20.9 Å². The van der Waals surface area contributed by atoms with Gasteiger partial charge in [-0.15, -0.1) is 0 Å². The van der Waals surface area contributed by atoms with Crippen LogP contribution in [0, 0.1) is 5.92 Å². The van der Waals surface area contributed by atoms with Crippen LogP contribution in [0.2, 0.25) is 0 Å². The molecule has 0 radical (unpaired) electrons. The van der Waals surface area contributed by atoms with Crippen LogP contribution in [0.1, 0.15) is 38.1 Å². The van der Waals surface area contributed by atoms with Crippen molar-refractivity contribution in [3.63, 3.8) is 0 Å². The molecule has 2 N–H and O–H groups in total. The first-order valence-corrected chi connectivity index (χ1v) is 18.0. The van der Waals surface area contributed by atoms with Gasteiger partial charge in [-0.2, -0.15) is 5.09 Å². The van der Waals surface area contributed by atoms with Crippen LogP contribution in [0.15, 0.2) is 130 Å². The van der Waals surface area contributed by atoms with Gasteiger partial charge in [0.2, 0.25) is 0 Å². The number of ether oxygens (including phenoxy) is 2. The largest absolute Gasteiger partial charge is 0.460 e. The molecule has 270 valence electrons. The lowest BCUT2D eigenvalue weighted by molar-refractivity contribution is -0.158. The van der Waals surface area contributed by atoms with E-state index in [0.29, 0.717) is 5.39 Å². The highest BCUT2D eigenvalue weighted by Crippen LogP contribution is 2.48. The predicted molar refractivity (Wildman–Crippen MR) is 195 cm³/mol. The minimum absolute atomic E-state index is 0.0365. The Morgan fingerprint density at radius 2 is 1.58 bits per heavy atom. The van der Waals surface area contributed by atoms with Crippen LogP contribution in [0.3, 0.4) is 0 Å². The zero-order valence-corrected chi connectivity index (χ0v) is 29.7. The fourth-order valence-electron chi connectivity index (χ4n) is 5.37. The van der Waals surface area contributed by atoms with E-state index in [9.17, 15) is 19.9 Å². The van der Waals surface area contributed by atoms with Gasteiger partial charge in [0.1, 0.15) is 24.6 Å². The second-order valence-corrected chi connectivity index (χ2v) is 13.9. The number of nitrogens with zero attached hydrogens (tertiary/aromatic N) is 4. The van der Waals surface area contributed by atoms with Crippen molar-refractivity contribution in [1.82, 2.24) is 14.6 Å². The molecule has 0 fully saturated rings. The summed E-state index contributed by atoms with van der Waals surface area (Å²) in [5, 5.41) is 8.17. The van der Waals surface area contributed by atoms with Gasteiger partial charge < -0.3 is 14.0 Å². The van der Waals surface area contributed by atoms with Crippen LogP contribution in [0.25, 0.3) is 21.2 Å². The van der Waals surface area contributed by atoms with Gasteiger partial charge in [0.25, 0.3) is 5.56 Å². The van der Waals surface area contributed by atoms with E-state index in [0.717, 1.165) is 27.1 Å². The lowest BCUT2D eigenvalue weighted by Gasteiger charge is -2.36. The van der Waals surface area contributed by atoms with E-state index in [1.807, 2.05) is 78.9 Å². The Hall–Kier alpha value is -5.49. The molecule has 5 aromatic rings. The Morgan fingerprint density at radius 1 is 0.923 bits per heavy atom. The maximum Gasteiger partial charge on any atom is 0.459 e. The van der Waals surface area contributed by atoms with E-state index in [4.69, 9.17) is 18.5 Å². The molecule has 15 heteroatoms. The Kier molecular flexibility index (Phi) is 12.5. The molecule has 1 aromatic heterocycles. The minimum Gasteiger partial charge on any atom is -0.460 e. The summed E-state index contributed by atoms with van der Waals surface area (Å²) >= 11 is 0. The van der Waals surface area contributed by atoms with E-state index >= 15 is 4.57 Å². The summed E-state index contributed by atoms with van der Waals surface area (Å²) in [4.78, 5) is 43.2. The van der Waals surface area contributed by atoms with Gasteiger partial charge in [0.05, 0.1) is 6.61 Å². The number of hydrogen-bond acceptors (Lipinski definition) is 9. The van der Waals surface area contributed by atoms with Gasteiger partial charge in [-0.25, -0.2) is 9.36 Å². The second-order valence-electron chi connectivity index (χ2n) is 12.2. The molecule has 14 nitrogen and oxygen atoms in total. The zero-order chi connectivity index (χ0) is 37.1. The van der Waals surface area contributed by atoms with Crippen LogP contribution in [0.5, 0.6) is 5.75 Å². The van der Waals surface area contributed by atoms with Gasteiger partial charge in [-0.1, -0.05) is 116 Å². The lowest BCUT2D eigenvalue weighted by Crippen LogP contribution is -2.45. The number of esters is 1. The van der Waals surface area contributed by atoms with Crippen molar-refractivity contribution in [2.45, 2.75) is 51.8 Å². The topological polar surface area (TPSA) is 187 Å². The van der Waals surface area contributed by atoms with E-state index in [1.54, 1.807) is 38.1 Å². The van der Waals surface area contributed by atoms with Crippen LogP contribution in [-0.2, 0) is 36.4 Å².